The molecule has 1 saturated heterocycles. The van der Waals surface area contributed by atoms with Crippen LogP contribution in [0.2, 0.25) is 0 Å². The quantitative estimate of drug-likeness (QED) is 0.836. The number of aliphatic imine (C=N–C) groups is 1. The third-order valence-corrected chi connectivity index (χ3v) is 5.19. The van der Waals surface area contributed by atoms with Gasteiger partial charge in [-0.3, -0.25) is 9.89 Å². The normalized spacial score (nSPS) is 21.1. The number of nitrogens with zero attached hydrogens (tertiary/aromatic N) is 3. The Morgan fingerprint density at radius 3 is 2.73 bits per heavy atom. The summed E-state index contributed by atoms with van der Waals surface area (Å²) in [4.78, 5) is 9.72. The second-order valence-corrected chi connectivity index (χ2v) is 7.34. The van der Waals surface area contributed by atoms with Gasteiger partial charge in [0, 0.05) is 24.4 Å². The van der Waals surface area contributed by atoms with E-state index in [1.54, 1.807) is 0 Å². The van der Waals surface area contributed by atoms with Gasteiger partial charge < -0.3 is 9.64 Å². The molecule has 0 spiro atoms. The number of benzene rings is 2. The molecule has 2 aliphatic heterocycles. The highest BCUT2D eigenvalue weighted by atomic mass is 16.5. The maximum Gasteiger partial charge on any atom is 0.137 e. The number of ether oxygens (including phenoxy) is 1. The van der Waals surface area contributed by atoms with Gasteiger partial charge in [-0.25, -0.2) is 0 Å². The standard InChI is InChI=1S/C22H27N3O/c1-17-10-11-18(2)21(13-17)25-16-24(14-20-9-6-12-26-20)15-23-22(25)19-7-4-3-5-8-19/h3-5,7-8,10-11,13,20H,6,9,12,14-16H2,1-2H3/t20-/m1/s1. The summed E-state index contributed by atoms with van der Waals surface area (Å²) < 4.78 is 5.84. The Morgan fingerprint density at radius 1 is 1.12 bits per heavy atom. The van der Waals surface area contributed by atoms with Crippen LogP contribution >= 0.6 is 0 Å². The topological polar surface area (TPSA) is 28.1 Å². The number of rotatable bonds is 4. The van der Waals surface area contributed by atoms with E-state index in [1.807, 2.05) is 0 Å². The molecule has 0 unspecified atom stereocenters. The van der Waals surface area contributed by atoms with Crippen molar-refractivity contribution in [3.8, 4) is 0 Å². The van der Waals surface area contributed by atoms with Crippen LogP contribution in [0.4, 0.5) is 5.69 Å². The maximum atomic E-state index is 5.84. The fourth-order valence-electron chi connectivity index (χ4n) is 3.79. The van der Waals surface area contributed by atoms with Gasteiger partial charge in [-0.15, -0.1) is 0 Å². The Bertz CT molecular complexity index is 781. The number of amidine groups is 1. The molecule has 26 heavy (non-hydrogen) atoms. The van der Waals surface area contributed by atoms with Gasteiger partial charge in [0.05, 0.1) is 19.4 Å². The van der Waals surface area contributed by atoms with Gasteiger partial charge >= 0.3 is 0 Å². The minimum atomic E-state index is 0.351. The average Bonchev–Trinajstić information content (AvgIpc) is 3.17. The zero-order valence-electron chi connectivity index (χ0n) is 15.7. The Kier molecular flexibility index (Phi) is 5.05. The van der Waals surface area contributed by atoms with E-state index in [2.05, 4.69) is 72.2 Å². The average molecular weight is 349 g/mol. The predicted octanol–water partition coefficient (Wildman–Crippen LogP) is 3.97. The molecule has 136 valence electrons. The fraction of sp³-hybridized carbons (Fsp3) is 0.409. The van der Waals surface area contributed by atoms with Crippen molar-refractivity contribution in [2.24, 2.45) is 4.99 Å². The fourth-order valence-corrected chi connectivity index (χ4v) is 3.79. The van der Waals surface area contributed by atoms with Gasteiger partial charge in [0.2, 0.25) is 0 Å². The lowest BCUT2D eigenvalue weighted by Crippen LogP contribution is -2.49. The van der Waals surface area contributed by atoms with E-state index in [1.165, 1.54) is 28.8 Å². The molecule has 4 heteroatoms. The zero-order valence-corrected chi connectivity index (χ0v) is 15.7. The number of hydrogen-bond acceptors (Lipinski definition) is 4. The van der Waals surface area contributed by atoms with Gasteiger partial charge in [-0.1, -0.05) is 42.5 Å². The molecule has 2 heterocycles. The molecular formula is C22H27N3O. The minimum absolute atomic E-state index is 0.351. The van der Waals surface area contributed by atoms with Crippen LogP contribution < -0.4 is 4.90 Å². The third kappa shape index (κ3) is 3.67. The Morgan fingerprint density at radius 2 is 1.96 bits per heavy atom. The van der Waals surface area contributed by atoms with E-state index in [4.69, 9.17) is 9.73 Å². The summed E-state index contributed by atoms with van der Waals surface area (Å²) >= 11 is 0. The van der Waals surface area contributed by atoms with Crippen LogP contribution in [0.15, 0.2) is 53.5 Å². The molecule has 0 amide bonds. The zero-order chi connectivity index (χ0) is 17.9. The highest BCUT2D eigenvalue weighted by molar-refractivity contribution is 6.10. The van der Waals surface area contributed by atoms with E-state index >= 15 is 0 Å². The summed E-state index contributed by atoms with van der Waals surface area (Å²) in [6.07, 6.45) is 2.69. The lowest BCUT2D eigenvalue weighted by molar-refractivity contribution is 0.0739. The summed E-state index contributed by atoms with van der Waals surface area (Å²) in [5.74, 6) is 1.06. The molecule has 0 saturated carbocycles. The summed E-state index contributed by atoms with van der Waals surface area (Å²) in [6.45, 7) is 7.75. The van der Waals surface area contributed by atoms with Crippen LogP contribution in [-0.2, 0) is 4.74 Å². The number of anilines is 1. The molecule has 0 aromatic heterocycles. The van der Waals surface area contributed by atoms with E-state index in [9.17, 15) is 0 Å². The molecule has 0 radical (unpaired) electrons. The molecule has 2 aromatic carbocycles. The van der Waals surface area contributed by atoms with Crippen molar-refractivity contribution in [1.82, 2.24) is 4.90 Å². The van der Waals surface area contributed by atoms with Crippen molar-refractivity contribution in [2.45, 2.75) is 32.8 Å². The van der Waals surface area contributed by atoms with Crippen LogP contribution in [0, 0.1) is 13.8 Å². The van der Waals surface area contributed by atoms with Gasteiger partial charge in [-0.05, 0) is 43.9 Å². The van der Waals surface area contributed by atoms with Crippen LogP contribution in [0.5, 0.6) is 0 Å². The Hall–Kier alpha value is -2.17. The molecule has 0 N–H and O–H groups in total. The first-order chi connectivity index (χ1) is 12.7. The van der Waals surface area contributed by atoms with Crippen molar-refractivity contribution in [1.29, 1.82) is 0 Å². The first-order valence-corrected chi connectivity index (χ1v) is 9.49. The smallest absolute Gasteiger partial charge is 0.137 e. The van der Waals surface area contributed by atoms with E-state index < -0.39 is 0 Å². The first kappa shape index (κ1) is 17.3. The molecule has 1 atom stereocenters. The molecule has 1 fully saturated rings. The maximum absolute atomic E-state index is 5.84. The van der Waals surface area contributed by atoms with E-state index in [0.717, 1.165) is 38.7 Å². The largest absolute Gasteiger partial charge is 0.377 e. The lowest BCUT2D eigenvalue weighted by Gasteiger charge is -2.38. The molecule has 0 aliphatic carbocycles. The van der Waals surface area contributed by atoms with Crippen molar-refractivity contribution in [3.63, 3.8) is 0 Å². The highest BCUT2D eigenvalue weighted by Crippen LogP contribution is 2.27. The summed E-state index contributed by atoms with van der Waals surface area (Å²) in [5.41, 5.74) is 4.96. The minimum Gasteiger partial charge on any atom is -0.377 e. The highest BCUT2D eigenvalue weighted by Gasteiger charge is 2.27. The molecule has 0 bridgehead atoms. The van der Waals surface area contributed by atoms with Crippen LogP contribution in [0.3, 0.4) is 0 Å². The van der Waals surface area contributed by atoms with Gasteiger partial charge in [0.15, 0.2) is 0 Å². The summed E-state index contributed by atoms with van der Waals surface area (Å²) in [6, 6.07) is 17.1. The van der Waals surface area contributed by atoms with Crippen LogP contribution in [-0.4, -0.2) is 43.3 Å². The van der Waals surface area contributed by atoms with Crippen LogP contribution in [0.1, 0.15) is 29.5 Å². The second kappa shape index (κ2) is 7.60. The van der Waals surface area contributed by atoms with Gasteiger partial charge in [-0.2, -0.15) is 0 Å². The lowest BCUT2D eigenvalue weighted by atomic mass is 10.1. The monoisotopic (exact) mass is 349 g/mol. The van der Waals surface area contributed by atoms with Gasteiger partial charge in [0.1, 0.15) is 5.84 Å². The van der Waals surface area contributed by atoms with Crippen molar-refractivity contribution in [2.75, 3.05) is 31.4 Å². The van der Waals surface area contributed by atoms with E-state index in [-0.39, 0.29) is 0 Å². The third-order valence-electron chi connectivity index (χ3n) is 5.19. The molecule has 2 aromatic rings. The number of hydrogen-bond donors (Lipinski definition) is 0. The predicted molar refractivity (Wildman–Crippen MR) is 107 cm³/mol. The first-order valence-electron chi connectivity index (χ1n) is 9.49. The second-order valence-electron chi connectivity index (χ2n) is 7.34. The molecule has 4 rings (SSSR count). The van der Waals surface area contributed by atoms with Crippen molar-refractivity contribution >= 4 is 11.5 Å². The van der Waals surface area contributed by atoms with Crippen LogP contribution in [0.25, 0.3) is 0 Å². The molecular weight excluding hydrogens is 322 g/mol. The molecule has 2 aliphatic rings. The SMILES string of the molecule is Cc1ccc(C)c(N2CN(C[C@H]3CCCO3)CN=C2c2ccccc2)c1. The molecule has 4 nitrogen and oxygen atoms in total. The van der Waals surface area contributed by atoms with Crippen molar-refractivity contribution < 1.29 is 4.74 Å². The number of aryl methyl sites for hydroxylation is 2. The van der Waals surface area contributed by atoms with Crippen molar-refractivity contribution in [3.05, 3.63) is 65.2 Å². The van der Waals surface area contributed by atoms with E-state index in [0.29, 0.717) is 6.10 Å². The Balaban J connectivity index is 1.66. The van der Waals surface area contributed by atoms with Gasteiger partial charge in [0.25, 0.3) is 0 Å². The Labute approximate surface area is 156 Å². The summed E-state index contributed by atoms with van der Waals surface area (Å²) in [7, 11) is 0. The summed E-state index contributed by atoms with van der Waals surface area (Å²) in [5, 5.41) is 0.